The Hall–Kier alpha value is -1.08. The van der Waals surface area contributed by atoms with Crippen molar-refractivity contribution in [3.05, 3.63) is 48.6 Å². The molecule has 1 rings (SSSR count). The van der Waals surface area contributed by atoms with Crippen molar-refractivity contribution in [2.24, 2.45) is 5.92 Å². The molecule has 1 atom stereocenters. The lowest BCUT2D eigenvalue weighted by atomic mass is 9.99. The average Bonchev–Trinajstić information content (AvgIpc) is 2.25. The highest BCUT2D eigenvalue weighted by atomic mass is 14.8. The lowest BCUT2D eigenvalue weighted by Crippen LogP contribution is -2.22. The van der Waals surface area contributed by atoms with Crippen molar-refractivity contribution in [3.8, 4) is 0 Å². The molecule has 1 heteroatoms. The zero-order valence-electron chi connectivity index (χ0n) is 8.87. The molecule has 14 heavy (non-hydrogen) atoms. The molecule has 1 unspecified atom stereocenters. The minimum absolute atomic E-state index is 0.539. The van der Waals surface area contributed by atoms with Crippen molar-refractivity contribution >= 4 is 0 Å². The molecule has 0 amide bonds. The van der Waals surface area contributed by atoms with Crippen LogP contribution in [0.15, 0.2) is 43.0 Å². The molecule has 1 aromatic rings. The van der Waals surface area contributed by atoms with E-state index in [1.54, 1.807) is 0 Å². The maximum atomic E-state index is 3.87. The zero-order valence-corrected chi connectivity index (χ0v) is 8.87. The van der Waals surface area contributed by atoms with E-state index in [0.29, 0.717) is 5.92 Å². The van der Waals surface area contributed by atoms with Crippen molar-refractivity contribution in [2.45, 2.75) is 13.3 Å². The van der Waals surface area contributed by atoms with Gasteiger partial charge < -0.3 is 5.32 Å². The largest absolute Gasteiger partial charge is 0.316 e. The average molecular weight is 189 g/mol. The minimum atomic E-state index is 0.539. The summed E-state index contributed by atoms with van der Waals surface area (Å²) in [6.45, 7) is 8.05. The second-order valence-electron chi connectivity index (χ2n) is 3.49. The molecule has 76 valence electrons. The van der Waals surface area contributed by atoms with E-state index in [-0.39, 0.29) is 0 Å². The van der Waals surface area contributed by atoms with Gasteiger partial charge in [0, 0.05) is 6.54 Å². The van der Waals surface area contributed by atoms with E-state index in [2.05, 4.69) is 49.2 Å². The summed E-state index contributed by atoms with van der Waals surface area (Å²) in [5.41, 5.74) is 1.38. The predicted molar refractivity (Wildman–Crippen MR) is 62.4 cm³/mol. The number of benzene rings is 1. The van der Waals surface area contributed by atoms with Gasteiger partial charge in [-0.15, -0.1) is 6.58 Å². The fourth-order valence-electron chi connectivity index (χ4n) is 1.49. The molecular formula is C13H19N. The van der Waals surface area contributed by atoms with Gasteiger partial charge in [0.2, 0.25) is 0 Å². The van der Waals surface area contributed by atoms with Gasteiger partial charge in [0.1, 0.15) is 0 Å². The summed E-state index contributed by atoms with van der Waals surface area (Å²) in [6, 6.07) is 10.6. The molecule has 0 saturated heterocycles. The van der Waals surface area contributed by atoms with Crippen molar-refractivity contribution in [1.29, 1.82) is 0 Å². The molecule has 0 aromatic heterocycles. The highest BCUT2D eigenvalue weighted by molar-refractivity contribution is 5.16. The van der Waals surface area contributed by atoms with Crippen LogP contribution < -0.4 is 5.32 Å². The van der Waals surface area contributed by atoms with Crippen LogP contribution in [0.2, 0.25) is 0 Å². The Morgan fingerprint density at radius 1 is 1.36 bits per heavy atom. The van der Waals surface area contributed by atoms with Crippen molar-refractivity contribution in [2.75, 3.05) is 13.1 Å². The first-order valence-electron chi connectivity index (χ1n) is 5.24. The summed E-state index contributed by atoms with van der Waals surface area (Å²) < 4.78 is 0. The normalized spacial score (nSPS) is 12.4. The second-order valence-corrected chi connectivity index (χ2v) is 3.49. The summed E-state index contributed by atoms with van der Waals surface area (Å²) in [6.07, 6.45) is 3.12. The van der Waals surface area contributed by atoms with Crippen LogP contribution in [0.4, 0.5) is 0 Å². The van der Waals surface area contributed by atoms with E-state index >= 15 is 0 Å². The van der Waals surface area contributed by atoms with E-state index in [4.69, 9.17) is 0 Å². The van der Waals surface area contributed by atoms with Crippen LogP contribution in [-0.4, -0.2) is 13.1 Å². The molecule has 0 fully saturated rings. The molecule has 1 nitrogen and oxygen atoms in total. The third kappa shape index (κ3) is 3.75. The van der Waals surface area contributed by atoms with Gasteiger partial charge in [-0.3, -0.25) is 0 Å². The highest BCUT2D eigenvalue weighted by Crippen LogP contribution is 2.08. The Labute approximate surface area is 86.8 Å². The van der Waals surface area contributed by atoms with Crippen molar-refractivity contribution in [1.82, 2.24) is 5.32 Å². The van der Waals surface area contributed by atoms with E-state index in [0.717, 1.165) is 19.5 Å². The molecule has 0 aliphatic heterocycles. The van der Waals surface area contributed by atoms with Gasteiger partial charge in [-0.05, 0) is 24.4 Å². The van der Waals surface area contributed by atoms with E-state index in [1.807, 2.05) is 6.08 Å². The van der Waals surface area contributed by atoms with Crippen LogP contribution in [0.1, 0.15) is 12.5 Å². The number of nitrogens with one attached hydrogen (secondary N) is 1. The van der Waals surface area contributed by atoms with Gasteiger partial charge in [-0.25, -0.2) is 0 Å². The van der Waals surface area contributed by atoms with Gasteiger partial charge in [0.25, 0.3) is 0 Å². The first kappa shape index (κ1) is 11.0. The van der Waals surface area contributed by atoms with Crippen molar-refractivity contribution < 1.29 is 0 Å². The van der Waals surface area contributed by atoms with Crippen molar-refractivity contribution in [3.63, 3.8) is 0 Å². The van der Waals surface area contributed by atoms with Crippen LogP contribution in [0.3, 0.4) is 0 Å². The third-order valence-electron chi connectivity index (χ3n) is 2.33. The molecule has 1 aromatic carbocycles. The van der Waals surface area contributed by atoms with Gasteiger partial charge in [0.15, 0.2) is 0 Å². The van der Waals surface area contributed by atoms with Gasteiger partial charge in [0.05, 0.1) is 0 Å². The van der Waals surface area contributed by atoms with E-state index in [1.165, 1.54) is 5.56 Å². The summed E-state index contributed by atoms with van der Waals surface area (Å²) in [5.74, 6) is 0.539. The lowest BCUT2D eigenvalue weighted by Gasteiger charge is -2.12. The Morgan fingerprint density at radius 3 is 2.64 bits per heavy atom. The first-order valence-corrected chi connectivity index (χ1v) is 5.24. The van der Waals surface area contributed by atoms with Crippen LogP contribution in [0.25, 0.3) is 0 Å². The molecule has 0 aliphatic carbocycles. The summed E-state index contributed by atoms with van der Waals surface area (Å²) in [4.78, 5) is 0. The SMILES string of the molecule is C=CC(CNCC)Cc1ccccc1. The Balaban J connectivity index is 2.44. The molecule has 0 radical (unpaired) electrons. The van der Waals surface area contributed by atoms with Crippen LogP contribution >= 0.6 is 0 Å². The van der Waals surface area contributed by atoms with Crippen LogP contribution in [-0.2, 0) is 6.42 Å². The maximum Gasteiger partial charge on any atom is 0.00171 e. The molecule has 0 aliphatic rings. The Morgan fingerprint density at radius 2 is 2.07 bits per heavy atom. The summed E-state index contributed by atoms with van der Waals surface area (Å²) in [5, 5.41) is 3.35. The zero-order chi connectivity index (χ0) is 10.2. The molecule has 0 saturated carbocycles. The predicted octanol–water partition coefficient (Wildman–Crippen LogP) is 2.64. The number of rotatable bonds is 6. The van der Waals surface area contributed by atoms with Gasteiger partial charge in [-0.2, -0.15) is 0 Å². The maximum absolute atomic E-state index is 3.87. The van der Waals surface area contributed by atoms with Gasteiger partial charge in [-0.1, -0.05) is 43.3 Å². The second kappa shape index (κ2) is 6.39. The monoisotopic (exact) mass is 189 g/mol. The topological polar surface area (TPSA) is 12.0 Å². The quantitative estimate of drug-likeness (QED) is 0.678. The molecule has 0 bridgehead atoms. The Kier molecular flexibility index (Phi) is 5.02. The Bertz CT molecular complexity index is 253. The summed E-state index contributed by atoms with van der Waals surface area (Å²) in [7, 11) is 0. The fraction of sp³-hybridized carbons (Fsp3) is 0.385. The minimum Gasteiger partial charge on any atom is -0.316 e. The molecule has 0 heterocycles. The van der Waals surface area contributed by atoms with Gasteiger partial charge >= 0.3 is 0 Å². The third-order valence-corrected chi connectivity index (χ3v) is 2.33. The molecular weight excluding hydrogens is 170 g/mol. The fourth-order valence-corrected chi connectivity index (χ4v) is 1.49. The van der Waals surface area contributed by atoms with Crippen LogP contribution in [0.5, 0.6) is 0 Å². The number of hydrogen-bond acceptors (Lipinski definition) is 1. The number of hydrogen-bond donors (Lipinski definition) is 1. The highest BCUT2D eigenvalue weighted by Gasteiger charge is 2.03. The van der Waals surface area contributed by atoms with E-state index < -0.39 is 0 Å². The van der Waals surface area contributed by atoms with Crippen LogP contribution in [0, 0.1) is 5.92 Å². The smallest absolute Gasteiger partial charge is 0.00171 e. The van der Waals surface area contributed by atoms with E-state index in [9.17, 15) is 0 Å². The lowest BCUT2D eigenvalue weighted by molar-refractivity contribution is 0.569. The standard InChI is InChI=1S/C13H19N/c1-3-12(11-14-4-2)10-13-8-6-5-7-9-13/h3,5-9,12,14H,1,4,10-11H2,2H3. The molecule has 0 spiro atoms. The molecule has 1 N–H and O–H groups in total. The first-order chi connectivity index (χ1) is 6.86. The summed E-state index contributed by atoms with van der Waals surface area (Å²) >= 11 is 0.